The molecule has 1 aromatic carbocycles. The summed E-state index contributed by atoms with van der Waals surface area (Å²) >= 11 is 0. The zero-order chi connectivity index (χ0) is 11.1. The van der Waals surface area contributed by atoms with Gasteiger partial charge in [0, 0.05) is 0 Å². The van der Waals surface area contributed by atoms with Gasteiger partial charge in [0.1, 0.15) is 0 Å². The molecule has 0 heterocycles. The molecule has 2 rings (SSSR count). The summed E-state index contributed by atoms with van der Waals surface area (Å²) in [7, 11) is 0. The van der Waals surface area contributed by atoms with Crippen molar-refractivity contribution >= 4 is 0 Å². The molecule has 0 saturated heterocycles. The molecular formula is C15H22. The third-order valence-electron chi connectivity index (χ3n) is 4.66. The van der Waals surface area contributed by atoms with E-state index in [1.54, 1.807) is 0 Å². The smallest absolute Gasteiger partial charge is 0.00241 e. The second kappa shape index (κ2) is 3.37. The second-order valence-electron chi connectivity index (χ2n) is 5.94. The van der Waals surface area contributed by atoms with E-state index < -0.39 is 0 Å². The summed E-state index contributed by atoms with van der Waals surface area (Å²) in [6.45, 7) is 9.43. The van der Waals surface area contributed by atoms with E-state index in [-0.39, 0.29) is 0 Å². The molecule has 0 amide bonds. The van der Waals surface area contributed by atoms with Gasteiger partial charge in [0.25, 0.3) is 0 Å². The van der Waals surface area contributed by atoms with E-state index in [4.69, 9.17) is 0 Å². The molecule has 0 heteroatoms. The summed E-state index contributed by atoms with van der Waals surface area (Å²) in [5.74, 6) is 0. The minimum Gasteiger partial charge on any atom is -0.0591 e. The molecule has 1 aliphatic rings. The van der Waals surface area contributed by atoms with Gasteiger partial charge in [0.15, 0.2) is 0 Å². The van der Waals surface area contributed by atoms with E-state index in [0.717, 1.165) is 0 Å². The van der Waals surface area contributed by atoms with Crippen molar-refractivity contribution in [3.63, 3.8) is 0 Å². The minimum absolute atomic E-state index is 0.376. The van der Waals surface area contributed by atoms with Gasteiger partial charge < -0.3 is 0 Å². The molecule has 0 nitrogen and oxygen atoms in total. The quantitative estimate of drug-likeness (QED) is 0.630. The number of rotatable bonds is 1. The molecule has 0 spiro atoms. The van der Waals surface area contributed by atoms with Gasteiger partial charge in [-0.3, -0.25) is 0 Å². The van der Waals surface area contributed by atoms with Crippen molar-refractivity contribution in [3.8, 4) is 0 Å². The van der Waals surface area contributed by atoms with Crippen LogP contribution in [0.5, 0.6) is 0 Å². The molecule has 15 heavy (non-hydrogen) atoms. The lowest BCUT2D eigenvalue weighted by Gasteiger charge is -2.39. The maximum absolute atomic E-state index is 2.44. The van der Waals surface area contributed by atoms with Gasteiger partial charge in [-0.05, 0) is 36.2 Å². The van der Waals surface area contributed by atoms with Crippen molar-refractivity contribution in [2.75, 3.05) is 0 Å². The second-order valence-corrected chi connectivity index (χ2v) is 5.94. The van der Waals surface area contributed by atoms with Gasteiger partial charge in [-0.25, -0.2) is 0 Å². The molecule has 1 atom stereocenters. The van der Waals surface area contributed by atoms with Gasteiger partial charge >= 0.3 is 0 Å². The van der Waals surface area contributed by atoms with E-state index in [2.05, 4.69) is 52.0 Å². The highest BCUT2D eigenvalue weighted by molar-refractivity contribution is 5.31. The Morgan fingerprint density at radius 3 is 2.00 bits per heavy atom. The van der Waals surface area contributed by atoms with Gasteiger partial charge in [-0.1, -0.05) is 57.0 Å². The highest BCUT2D eigenvalue weighted by Gasteiger charge is 2.45. The topological polar surface area (TPSA) is 0 Å². The molecule has 0 radical (unpaired) electrons. The summed E-state index contributed by atoms with van der Waals surface area (Å²) in [5, 5.41) is 0. The molecule has 0 unspecified atom stereocenters. The third-order valence-corrected chi connectivity index (χ3v) is 4.66. The van der Waals surface area contributed by atoms with Crippen LogP contribution in [0.2, 0.25) is 0 Å². The largest absolute Gasteiger partial charge is 0.0591 e. The van der Waals surface area contributed by atoms with E-state index >= 15 is 0 Å². The van der Waals surface area contributed by atoms with Gasteiger partial charge in [-0.2, -0.15) is 0 Å². The molecule has 0 aliphatic heterocycles. The Morgan fingerprint density at radius 1 is 0.933 bits per heavy atom. The van der Waals surface area contributed by atoms with Crippen molar-refractivity contribution in [1.82, 2.24) is 0 Å². The third kappa shape index (κ3) is 1.60. The van der Waals surface area contributed by atoms with Crippen molar-refractivity contribution < 1.29 is 0 Å². The first-order valence-corrected chi connectivity index (χ1v) is 6.03. The normalized spacial score (nSPS) is 29.3. The van der Waals surface area contributed by atoms with Crippen LogP contribution in [0.3, 0.4) is 0 Å². The minimum atomic E-state index is 0.376. The van der Waals surface area contributed by atoms with Crippen LogP contribution in [0, 0.1) is 12.3 Å². The van der Waals surface area contributed by atoms with Crippen LogP contribution in [0.25, 0.3) is 0 Å². The Hall–Kier alpha value is -0.780. The van der Waals surface area contributed by atoms with E-state index in [1.165, 1.54) is 30.4 Å². The first kappa shape index (κ1) is 10.7. The van der Waals surface area contributed by atoms with Gasteiger partial charge in [0.05, 0.1) is 0 Å². The monoisotopic (exact) mass is 202 g/mol. The van der Waals surface area contributed by atoms with Gasteiger partial charge in [-0.15, -0.1) is 0 Å². The van der Waals surface area contributed by atoms with Crippen molar-refractivity contribution in [2.24, 2.45) is 5.41 Å². The zero-order valence-corrected chi connectivity index (χ0v) is 10.4. The first-order chi connectivity index (χ1) is 6.96. The summed E-state index contributed by atoms with van der Waals surface area (Å²) in [4.78, 5) is 0. The average Bonchev–Trinajstić information content (AvgIpc) is 2.43. The van der Waals surface area contributed by atoms with Crippen LogP contribution in [-0.4, -0.2) is 0 Å². The Labute approximate surface area is 93.7 Å². The fourth-order valence-corrected chi connectivity index (χ4v) is 2.95. The van der Waals surface area contributed by atoms with E-state index in [1.807, 2.05) is 0 Å². The van der Waals surface area contributed by atoms with Crippen LogP contribution in [0.4, 0.5) is 0 Å². The van der Waals surface area contributed by atoms with E-state index in [0.29, 0.717) is 10.8 Å². The van der Waals surface area contributed by atoms with Crippen molar-refractivity contribution in [1.29, 1.82) is 0 Å². The predicted octanol–water partition coefficient (Wildman–Crippen LogP) is 4.46. The molecule has 1 fully saturated rings. The van der Waals surface area contributed by atoms with Crippen LogP contribution >= 0.6 is 0 Å². The molecule has 0 bridgehead atoms. The Balaban J connectivity index is 2.41. The molecular weight excluding hydrogens is 180 g/mol. The number of hydrogen-bond acceptors (Lipinski definition) is 0. The van der Waals surface area contributed by atoms with Crippen LogP contribution in [0.1, 0.15) is 51.2 Å². The Morgan fingerprint density at radius 2 is 1.53 bits per heavy atom. The Bertz CT molecular complexity index is 345. The average molecular weight is 202 g/mol. The molecule has 1 saturated carbocycles. The van der Waals surface area contributed by atoms with Crippen molar-refractivity contribution in [2.45, 2.75) is 52.4 Å². The fourth-order valence-electron chi connectivity index (χ4n) is 2.95. The zero-order valence-electron chi connectivity index (χ0n) is 10.4. The summed E-state index contributed by atoms with van der Waals surface area (Å²) in [6.07, 6.45) is 4.07. The van der Waals surface area contributed by atoms with Crippen molar-refractivity contribution in [3.05, 3.63) is 35.4 Å². The van der Waals surface area contributed by atoms with Gasteiger partial charge in [0.2, 0.25) is 0 Å². The lowest BCUT2D eigenvalue weighted by atomic mass is 9.65. The lowest BCUT2D eigenvalue weighted by molar-refractivity contribution is 0.225. The summed E-state index contributed by atoms with van der Waals surface area (Å²) in [6, 6.07) is 9.13. The summed E-state index contributed by atoms with van der Waals surface area (Å²) in [5.41, 5.74) is 3.71. The SMILES string of the molecule is Cc1ccc([C@]2(C)CCCC2(C)C)cc1. The maximum Gasteiger partial charge on any atom is -0.00241 e. The number of aryl methyl sites for hydroxylation is 1. The van der Waals surface area contributed by atoms with Crippen LogP contribution in [0.15, 0.2) is 24.3 Å². The van der Waals surface area contributed by atoms with E-state index in [9.17, 15) is 0 Å². The Kier molecular flexibility index (Phi) is 2.41. The number of hydrogen-bond donors (Lipinski definition) is 0. The molecule has 0 N–H and O–H groups in total. The standard InChI is InChI=1S/C15H22/c1-12-6-8-13(9-7-12)15(4)11-5-10-14(15,2)3/h6-9H,5,10-11H2,1-4H3/t15-/m0/s1. The highest BCUT2D eigenvalue weighted by atomic mass is 14.5. The first-order valence-electron chi connectivity index (χ1n) is 6.03. The maximum atomic E-state index is 2.44. The number of benzene rings is 1. The van der Waals surface area contributed by atoms with Crippen LogP contribution in [-0.2, 0) is 5.41 Å². The molecule has 1 aliphatic carbocycles. The molecule has 82 valence electrons. The highest BCUT2D eigenvalue weighted by Crippen LogP contribution is 2.53. The molecule has 0 aromatic heterocycles. The summed E-state index contributed by atoms with van der Waals surface area (Å²) < 4.78 is 0. The predicted molar refractivity (Wildman–Crippen MR) is 66.2 cm³/mol. The van der Waals surface area contributed by atoms with Crippen LogP contribution < -0.4 is 0 Å². The molecule has 1 aromatic rings. The fraction of sp³-hybridized carbons (Fsp3) is 0.600. The lowest BCUT2D eigenvalue weighted by Crippen LogP contribution is -2.33.